The molecule has 0 atom stereocenters. The molecule has 112 valence electrons. The molecule has 2 aromatic rings. The van der Waals surface area contributed by atoms with Gasteiger partial charge in [0.05, 0.1) is 20.7 Å². The van der Waals surface area contributed by atoms with Gasteiger partial charge < -0.3 is 10.8 Å². The molecule has 0 saturated heterocycles. The van der Waals surface area contributed by atoms with Crippen molar-refractivity contribution < 1.29 is 18.3 Å². The number of anilines is 2. The molecule has 9 heteroatoms. The number of carboxylic acid groups (broad SMARTS) is 1. The molecule has 0 radical (unpaired) electrons. The highest BCUT2D eigenvalue weighted by atomic mass is 79.9. The highest BCUT2D eigenvalue weighted by Crippen LogP contribution is 2.31. The Balaban J connectivity index is 2.37. The van der Waals surface area contributed by atoms with Gasteiger partial charge in [-0.15, -0.1) is 11.3 Å². The lowest BCUT2D eigenvalue weighted by Gasteiger charge is -2.10. The number of hydrogen-bond donors (Lipinski definition) is 3. The van der Waals surface area contributed by atoms with Crippen molar-refractivity contribution in [1.29, 1.82) is 0 Å². The van der Waals surface area contributed by atoms with Gasteiger partial charge in [0.25, 0.3) is 10.0 Å². The lowest BCUT2D eigenvalue weighted by molar-refractivity contribution is 0.0697. The maximum absolute atomic E-state index is 12.3. The minimum Gasteiger partial charge on any atom is -0.478 e. The average Bonchev–Trinajstić information content (AvgIpc) is 2.71. The second kappa shape index (κ2) is 5.66. The second-order valence-corrected chi connectivity index (χ2v) is 8.47. The first kappa shape index (κ1) is 15.8. The molecule has 1 aromatic carbocycles. The number of nitrogens with one attached hydrogen (secondary N) is 1. The molecule has 0 aliphatic heterocycles. The van der Waals surface area contributed by atoms with Crippen LogP contribution in [0.25, 0.3) is 0 Å². The number of nitrogen functional groups attached to an aromatic ring is 1. The highest BCUT2D eigenvalue weighted by molar-refractivity contribution is 9.11. The van der Waals surface area contributed by atoms with Gasteiger partial charge in [0.1, 0.15) is 4.90 Å². The molecule has 1 heterocycles. The molecule has 0 fully saturated rings. The first-order valence-electron chi connectivity index (χ1n) is 5.62. The number of thiophene rings is 1. The van der Waals surface area contributed by atoms with Gasteiger partial charge in [0, 0.05) is 4.88 Å². The van der Waals surface area contributed by atoms with Gasteiger partial charge in [-0.05, 0) is 47.1 Å². The predicted octanol–water partition coefficient (Wildman–Crippen LogP) is 2.90. The first-order valence-corrected chi connectivity index (χ1v) is 8.71. The van der Waals surface area contributed by atoms with Crippen LogP contribution in [-0.4, -0.2) is 19.5 Å². The van der Waals surface area contributed by atoms with Crippen LogP contribution < -0.4 is 10.5 Å². The van der Waals surface area contributed by atoms with E-state index in [0.717, 1.165) is 0 Å². The zero-order valence-corrected chi connectivity index (χ0v) is 14.0. The van der Waals surface area contributed by atoms with Crippen molar-refractivity contribution in [3.63, 3.8) is 0 Å². The number of benzene rings is 1. The van der Waals surface area contributed by atoms with Crippen molar-refractivity contribution in [3.8, 4) is 0 Å². The normalized spacial score (nSPS) is 11.3. The lowest BCUT2D eigenvalue weighted by Crippen LogP contribution is -2.14. The quantitative estimate of drug-likeness (QED) is 0.695. The fourth-order valence-corrected chi connectivity index (χ4v) is 5.19. The van der Waals surface area contributed by atoms with Gasteiger partial charge in [-0.25, -0.2) is 13.2 Å². The molecule has 0 saturated carbocycles. The van der Waals surface area contributed by atoms with Gasteiger partial charge in [-0.3, -0.25) is 4.72 Å². The third kappa shape index (κ3) is 3.36. The van der Waals surface area contributed by atoms with Gasteiger partial charge in [-0.1, -0.05) is 0 Å². The highest BCUT2D eigenvalue weighted by Gasteiger charge is 2.20. The van der Waals surface area contributed by atoms with E-state index in [0.29, 0.717) is 8.66 Å². The van der Waals surface area contributed by atoms with Crippen LogP contribution in [0, 0.1) is 6.92 Å². The summed E-state index contributed by atoms with van der Waals surface area (Å²) >= 11 is 4.54. The smallest absolute Gasteiger partial charge is 0.335 e. The van der Waals surface area contributed by atoms with E-state index in [-0.39, 0.29) is 21.8 Å². The third-order valence-electron chi connectivity index (χ3n) is 2.67. The summed E-state index contributed by atoms with van der Waals surface area (Å²) < 4.78 is 27.7. The first-order chi connectivity index (χ1) is 9.70. The summed E-state index contributed by atoms with van der Waals surface area (Å²) in [7, 11) is -3.78. The number of nitrogens with two attached hydrogens (primary N) is 1. The SMILES string of the molecule is Cc1sc(Br)cc1S(=O)(=O)Nc1ccc(C(=O)O)cc1N. The van der Waals surface area contributed by atoms with E-state index in [1.54, 1.807) is 6.92 Å². The minimum absolute atomic E-state index is 0.00935. The number of halogens is 1. The van der Waals surface area contributed by atoms with E-state index in [1.165, 1.54) is 35.6 Å². The maximum Gasteiger partial charge on any atom is 0.335 e. The Labute approximate surface area is 133 Å². The van der Waals surface area contributed by atoms with Gasteiger partial charge >= 0.3 is 5.97 Å². The molecule has 0 aliphatic rings. The predicted molar refractivity (Wildman–Crippen MR) is 85.4 cm³/mol. The summed E-state index contributed by atoms with van der Waals surface area (Å²) in [6.07, 6.45) is 0. The summed E-state index contributed by atoms with van der Waals surface area (Å²) in [4.78, 5) is 11.6. The van der Waals surface area contributed by atoms with Crippen molar-refractivity contribution in [2.75, 3.05) is 10.5 Å². The lowest BCUT2D eigenvalue weighted by atomic mass is 10.2. The molecule has 0 aliphatic carbocycles. The number of aromatic carboxylic acids is 1. The third-order valence-corrected chi connectivity index (χ3v) is 5.85. The van der Waals surface area contributed by atoms with Crippen LogP contribution >= 0.6 is 27.3 Å². The molecule has 2 rings (SSSR count). The van der Waals surface area contributed by atoms with Gasteiger partial charge in [0.2, 0.25) is 0 Å². The number of carbonyl (C=O) groups is 1. The van der Waals surface area contributed by atoms with E-state index >= 15 is 0 Å². The molecular weight excluding hydrogens is 380 g/mol. The Kier molecular flexibility index (Phi) is 4.26. The Morgan fingerprint density at radius 3 is 2.52 bits per heavy atom. The standard InChI is InChI=1S/C12H11BrN2O4S2/c1-6-10(5-11(13)20-6)21(18,19)15-9-3-2-7(12(16)17)4-8(9)14/h2-5,15H,14H2,1H3,(H,16,17). The molecule has 0 bridgehead atoms. The largest absolute Gasteiger partial charge is 0.478 e. The maximum atomic E-state index is 12.3. The van der Waals surface area contributed by atoms with Gasteiger partial charge in [-0.2, -0.15) is 0 Å². The number of carboxylic acids is 1. The van der Waals surface area contributed by atoms with Crippen molar-refractivity contribution in [2.24, 2.45) is 0 Å². The van der Waals surface area contributed by atoms with Crippen LogP contribution in [0.2, 0.25) is 0 Å². The molecule has 0 spiro atoms. The van der Waals surface area contributed by atoms with E-state index in [1.807, 2.05) is 0 Å². The van der Waals surface area contributed by atoms with Crippen molar-refractivity contribution in [2.45, 2.75) is 11.8 Å². The molecule has 1 aromatic heterocycles. The van der Waals surface area contributed by atoms with Crippen molar-refractivity contribution >= 4 is 54.6 Å². The van der Waals surface area contributed by atoms with Crippen LogP contribution in [0.1, 0.15) is 15.2 Å². The van der Waals surface area contributed by atoms with E-state index in [2.05, 4.69) is 20.7 Å². The molecular formula is C12H11BrN2O4S2. The second-order valence-electron chi connectivity index (χ2n) is 4.18. The number of rotatable bonds is 4. The summed E-state index contributed by atoms with van der Waals surface area (Å²) in [6.45, 7) is 1.70. The minimum atomic E-state index is -3.78. The fourth-order valence-electron chi connectivity index (χ4n) is 1.69. The zero-order chi connectivity index (χ0) is 15.8. The Hall–Kier alpha value is -1.58. The van der Waals surface area contributed by atoms with Crippen LogP contribution in [0.5, 0.6) is 0 Å². The zero-order valence-electron chi connectivity index (χ0n) is 10.8. The average molecular weight is 391 g/mol. The fraction of sp³-hybridized carbons (Fsp3) is 0.0833. The van der Waals surface area contributed by atoms with Crippen LogP contribution in [0.15, 0.2) is 32.9 Å². The summed E-state index contributed by atoms with van der Waals surface area (Å²) in [6, 6.07) is 5.32. The van der Waals surface area contributed by atoms with Gasteiger partial charge in [0.15, 0.2) is 0 Å². The number of sulfonamides is 1. The molecule has 21 heavy (non-hydrogen) atoms. The van der Waals surface area contributed by atoms with Crippen molar-refractivity contribution in [1.82, 2.24) is 0 Å². The van der Waals surface area contributed by atoms with Crippen molar-refractivity contribution in [3.05, 3.63) is 38.5 Å². The summed E-state index contributed by atoms with van der Waals surface area (Å²) in [5, 5.41) is 8.85. The molecule has 0 unspecified atom stereocenters. The Bertz CT molecular complexity index is 815. The Morgan fingerprint density at radius 1 is 1.38 bits per heavy atom. The Morgan fingerprint density at radius 2 is 2.05 bits per heavy atom. The van der Waals surface area contributed by atoms with E-state index in [4.69, 9.17) is 10.8 Å². The molecule has 0 amide bonds. The molecule has 4 N–H and O–H groups in total. The monoisotopic (exact) mass is 390 g/mol. The topological polar surface area (TPSA) is 109 Å². The molecule has 6 nitrogen and oxygen atoms in total. The van der Waals surface area contributed by atoms with E-state index in [9.17, 15) is 13.2 Å². The van der Waals surface area contributed by atoms with Crippen LogP contribution in [0.3, 0.4) is 0 Å². The summed E-state index contributed by atoms with van der Waals surface area (Å²) in [5.74, 6) is -1.13. The van der Waals surface area contributed by atoms with Crippen LogP contribution in [0.4, 0.5) is 11.4 Å². The number of aryl methyl sites for hydroxylation is 1. The van der Waals surface area contributed by atoms with E-state index < -0.39 is 16.0 Å². The number of hydrogen-bond acceptors (Lipinski definition) is 5. The van der Waals surface area contributed by atoms with Crippen LogP contribution in [-0.2, 0) is 10.0 Å². The summed E-state index contributed by atoms with van der Waals surface area (Å²) in [5.41, 5.74) is 5.87.